The minimum atomic E-state index is -4.00. The zero-order valence-electron chi connectivity index (χ0n) is 13.8. The maximum Gasteiger partial charge on any atom is 0.244 e. The molecule has 0 heterocycles. The lowest BCUT2D eigenvalue weighted by molar-refractivity contribution is -0.116. The van der Waals surface area contributed by atoms with Crippen LogP contribution in [0.25, 0.3) is 0 Å². The van der Waals surface area contributed by atoms with E-state index in [-0.39, 0.29) is 14.9 Å². The molecular formula is C16H15Cl3N2O4S. The average Bonchev–Trinajstić information content (AvgIpc) is 2.57. The molecule has 0 aliphatic carbocycles. The van der Waals surface area contributed by atoms with Gasteiger partial charge in [0, 0.05) is 17.1 Å². The van der Waals surface area contributed by atoms with Crippen LogP contribution in [0.1, 0.15) is 0 Å². The number of hydrogen-bond acceptors (Lipinski definition) is 4. The number of amides is 1. The Kier molecular flexibility index (Phi) is 6.76. The molecule has 26 heavy (non-hydrogen) atoms. The number of nitrogens with zero attached hydrogens (tertiary/aromatic N) is 1. The van der Waals surface area contributed by atoms with Crippen molar-refractivity contribution in [3.8, 4) is 5.75 Å². The first-order chi connectivity index (χ1) is 12.1. The number of halogens is 3. The number of likely N-dealkylation sites (N-methyl/N-ethyl adjacent to an activating group) is 1. The van der Waals surface area contributed by atoms with Gasteiger partial charge in [-0.1, -0.05) is 34.8 Å². The van der Waals surface area contributed by atoms with Crippen LogP contribution in [0.2, 0.25) is 15.1 Å². The summed E-state index contributed by atoms with van der Waals surface area (Å²) in [6.45, 7) is -0.444. The lowest BCUT2D eigenvalue weighted by atomic mass is 10.3. The Hall–Kier alpha value is -1.51. The zero-order chi connectivity index (χ0) is 19.5. The van der Waals surface area contributed by atoms with Gasteiger partial charge in [0.2, 0.25) is 15.9 Å². The molecule has 6 nitrogen and oxygen atoms in total. The van der Waals surface area contributed by atoms with Crippen molar-refractivity contribution in [2.75, 3.05) is 26.0 Å². The van der Waals surface area contributed by atoms with E-state index in [9.17, 15) is 13.2 Å². The fraction of sp³-hybridized carbons (Fsp3) is 0.188. The first kappa shape index (κ1) is 20.8. The smallest absolute Gasteiger partial charge is 0.244 e. The summed E-state index contributed by atoms with van der Waals surface area (Å²) in [6.07, 6.45) is 0. The van der Waals surface area contributed by atoms with E-state index in [1.54, 1.807) is 12.1 Å². The molecule has 1 N–H and O–H groups in total. The average molecular weight is 438 g/mol. The van der Waals surface area contributed by atoms with E-state index >= 15 is 0 Å². The Morgan fingerprint density at radius 3 is 2.38 bits per heavy atom. The highest BCUT2D eigenvalue weighted by atomic mass is 35.5. The maximum absolute atomic E-state index is 12.6. The predicted octanol–water partition coefficient (Wildman–Crippen LogP) is 3.91. The highest BCUT2D eigenvalue weighted by Crippen LogP contribution is 2.29. The molecule has 140 valence electrons. The van der Waals surface area contributed by atoms with Gasteiger partial charge in [0.05, 0.1) is 24.4 Å². The standard InChI is InChI=1S/C16H15Cl3N2O4S/c1-21(26(23,24)15-8-11(18)3-5-12(15)19)9-16(22)20-13-7-10(17)4-6-14(13)25-2/h3-8H,9H2,1-2H3,(H,20,22). The number of benzene rings is 2. The quantitative estimate of drug-likeness (QED) is 0.743. The van der Waals surface area contributed by atoms with Crippen LogP contribution in [0.4, 0.5) is 5.69 Å². The van der Waals surface area contributed by atoms with Gasteiger partial charge < -0.3 is 10.1 Å². The van der Waals surface area contributed by atoms with Gasteiger partial charge in [-0.3, -0.25) is 4.79 Å². The van der Waals surface area contributed by atoms with E-state index in [2.05, 4.69) is 5.32 Å². The van der Waals surface area contributed by atoms with E-state index in [4.69, 9.17) is 39.5 Å². The molecule has 0 bridgehead atoms. The number of sulfonamides is 1. The molecule has 0 fully saturated rings. The molecule has 0 aliphatic heterocycles. The van der Waals surface area contributed by atoms with Crippen molar-refractivity contribution in [2.45, 2.75) is 4.90 Å². The molecule has 2 rings (SSSR count). The van der Waals surface area contributed by atoms with Crippen molar-refractivity contribution in [1.82, 2.24) is 4.31 Å². The molecule has 0 unspecified atom stereocenters. The molecule has 2 aromatic carbocycles. The normalized spacial score (nSPS) is 11.5. The molecule has 2 aromatic rings. The third kappa shape index (κ3) is 4.81. The highest BCUT2D eigenvalue weighted by Gasteiger charge is 2.26. The Morgan fingerprint density at radius 1 is 1.12 bits per heavy atom. The van der Waals surface area contributed by atoms with Crippen LogP contribution in [-0.4, -0.2) is 39.3 Å². The molecule has 0 saturated carbocycles. The first-order valence-electron chi connectivity index (χ1n) is 7.20. The summed E-state index contributed by atoms with van der Waals surface area (Å²) in [5.74, 6) is -0.180. The minimum absolute atomic E-state index is 0.0122. The number of rotatable bonds is 6. The number of nitrogens with one attached hydrogen (secondary N) is 1. The third-order valence-electron chi connectivity index (χ3n) is 3.38. The molecule has 0 atom stereocenters. The van der Waals surface area contributed by atoms with Gasteiger partial charge in [-0.15, -0.1) is 0 Å². The number of anilines is 1. The third-order valence-corrected chi connectivity index (χ3v) is 6.14. The van der Waals surface area contributed by atoms with Crippen molar-refractivity contribution in [3.05, 3.63) is 51.5 Å². The summed E-state index contributed by atoms with van der Waals surface area (Å²) in [7, 11) is -1.30. The Bertz CT molecular complexity index is 935. The van der Waals surface area contributed by atoms with Crippen LogP contribution in [0.3, 0.4) is 0 Å². The van der Waals surface area contributed by atoms with Crippen LogP contribution < -0.4 is 10.1 Å². The van der Waals surface area contributed by atoms with E-state index in [0.717, 1.165) is 4.31 Å². The Labute approximate surface area is 166 Å². The number of hydrogen-bond donors (Lipinski definition) is 1. The summed E-state index contributed by atoms with van der Waals surface area (Å²) in [4.78, 5) is 12.1. The molecule has 0 aliphatic rings. The van der Waals surface area contributed by atoms with E-state index in [1.807, 2.05) is 0 Å². The van der Waals surface area contributed by atoms with Crippen LogP contribution in [0, 0.1) is 0 Å². The van der Waals surface area contributed by atoms with Crippen LogP contribution in [0.5, 0.6) is 5.75 Å². The zero-order valence-corrected chi connectivity index (χ0v) is 16.9. The van der Waals surface area contributed by atoms with Crippen molar-refractivity contribution in [3.63, 3.8) is 0 Å². The molecule has 0 saturated heterocycles. The van der Waals surface area contributed by atoms with Crippen molar-refractivity contribution in [1.29, 1.82) is 0 Å². The van der Waals surface area contributed by atoms with Gasteiger partial charge >= 0.3 is 0 Å². The topological polar surface area (TPSA) is 75.7 Å². The Morgan fingerprint density at radius 2 is 1.73 bits per heavy atom. The number of methoxy groups -OCH3 is 1. The number of carbonyl (C=O) groups is 1. The second kappa shape index (κ2) is 8.45. The van der Waals surface area contributed by atoms with Crippen molar-refractivity contribution >= 4 is 56.4 Å². The summed E-state index contributed by atoms with van der Waals surface area (Å²) in [6, 6.07) is 8.77. The van der Waals surface area contributed by atoms with Crippen molar-refractivity contribution in [2.24, 2.45) is 0 Å². The highest BCUT2D eigenvalue weighted by molar-refractivity contribution is 7.89. The van der Waals surface area contributed by atoms with E-state index in [1.165, 1.54) is 38.4 Å². The summed E-state index contributed by atoms with van der Waals surface area (Å²) in [5.41, 5.74) is 0.330. The molecular weight excluding hydrogens is 423 g/mol. The van der Waals surface area contributed by atoms with Gasteiger partial charge in [0.25, 0.3) is 0 Å². The lowest BCUT2D eigenvalue weighted by Gasteiger charge is -2.18. The maximum atomic E-state index is 12.6. The second-order valence-corrected chi connectivity index (χ2v) is 8.52. The van der Waals surface area contributed by atoms with Gasteiger partial charge in [0.1, 0.15) is 10.6 Å². The fourth-order valence-corrected chi connectivity index (χ4v) is 4.13. The van der Waals surface area contributed by atoms with Gasteiger partial charge in [0.15, 0.2) is 0 Å². The van der Waals surface area contributed by atoms with Gasteiger partial charge in [-0.2, -0.15) is 4.31 Å². The van der Waals surface area contributed by atoms with E-state index < -0.39 is 22.5 Å². The predicted molar refractivity (Wildman–Crippen MR) is 103 cm³/mol. The monoisotopic (exact) mass is 436 g/mol. The lowest BCUT2D eigenvalue weighted by Crippen LogP contribution is -2.35. The SMILES string of the molecule is COc1ccc(Cl)cc1NC(=O)CN(C)S(=O)(=O)c1cc(Cl)ccc1Cl. The Balaban J connectivity index is 2.18. The number of carbonyl (C=O) groups excluding carboxylic acids is 1. The minimum Gasteiger partial charge on any atom is -0.495 e. The van der Waals surface area contributed by atoms with Crippen LogP contribution in [-0.2, 0) is 14.8 Å². The summed E-state index contributed by atoms with van der Waals surface area (Å²) < 4.78 is 31.3. The largest absolute Gasteiger partial charge is 0.495 e. The molecule has 10 heteroatoms. The van der Waals surface area contributed by atoms with Gasteiger partial charge in [-0.25, -0.2) is 8.42 Å². The van der Waals surface area contributed by atoms with Gasteiger partial charge in [-0.05, 0) is 36.4 Å². The second-order valence-electron chi connectivity index (χ2n) is 5.23. The molecule has 0 spiro atoms. The van der Waals surface area contributed by atoms with Crippen LogP contribution in [0.15, 0.2) is 41.3 Å². The fourth-order valence-electron chi connectivity index (χ4n) is 2.10. The number of ether oxygens (including phenoxy) is 1. The first-order valence-corrected chi connectivity index (χ1v) is 9.77. The molecule has 0 radical (unpaired) electrons. The van der Waals surface area contributed by atoms with E-state index in [0.29, 0.717) is 16.5 Å². The summed E-state index contributed by atoms with van der Waals surface area (Å²) in [5, 5.41) is 3.19. The molecule has 0 aromatic heterocycles. The van der Waals surface area contributed by atoms with Crippen LogP contribution >= 0.6 is 34.8 Å². The van der Waals surface area contributed by atoms with Crippen molar-refractivity contribution < 1.29 is 17.9 Å². The summed E-state index contributed by atoms with van der Waals surface area (Å²) >= 11 is 17.7. The molecule has 1 amide bonds.